The van der Waals surface area contributed by atoms with Crippen LogP contribution in [-0.2, 0) is 9.59 Å². The number of nitrogens with zero attached hydrogens (tertiary/aromatic N) is 2. The molecule has 7 rings (SSSR count). The SMILES string of the molecule is CC1(C)C2=[N+]([O-])c3ccccc3C2=C[C@@]23NC(=O)C4(CCCN4C2=O)C[C@@H]13. The Bertz CT molecular complexity index is 1020. The van der Waals surface area contributed by atoms with Gasteiger partial charge in [-0.1, -0.05) is 12.1 Å². The van der Waals surface area contributed by atoms with Crippen LogP contribution in [0.2, 0.25) is 0 Å². The molecule has 6 heteroatoms. The van der Waals surface area contributed by atoms with Crippen LogP contribution in [0.25, 0.3) is 5.57 Å². The summed E-state index contributed by atoms with van der Waals surface area (Å²) in [5.41, 5.74) is 0.660. The van der Waals surface area contributed by atoms with Gasteiger partial charge in [-0.25, -0.2) is 0 Å². The van der Waals surface area contributed by atoms with Gasteiger partial charge in [0.05, 0.1) is 16.6 Å². The van der Waals surface area contributed by atoms with Crippen molar-refractivity contribution in [2.24, 2.45) is 11.3 Å². The predicted molar refractivity (Wildman–Crippen MR) is 99.2 cm³/mol. The molecule has 6 aliphatic rings. The van der Waals surface area contributed by atoms with Gasteiger partial charge in [-0.3, -0.25) is 9.59 Å². The van der Waals surface area contributed by atoms with Crippen LogP contribution in [0.4, 0.5) is 5.69 Å². The largest absolute Gasteiger partial charge is 0.618 e. The van der Waals surface area contributed by atoms with Crippen molar-refractivity contribution in [3.63, 3.8) is 0 Å². The maximum absolute atomic E-state index is 13.6. The van der Waals surface area contributed by atoms with Gasteiger partial charge in [0.2, 0.25) is 17.3 Å². The molecule has 1 aromatic rings. The summed E-state index contributed by atoms with van der Waals surface area (Å²) in [5.74, 6) is -0.163. The highest BCUT2D eigenvalue weighted by Gasteiger charge is 2.73. The lowest BCUT2D eigenvalue weighted by atomic mass is 9.51. The summed E-state index contributed by atoms with van der Waals surface area (Å²) < 4.78 is 1.03. The Kier molecular flexibility index (Phi) is 2.44. The molecule has 4 fully saturated rings. The van der Waals surface area contributed by atoms with E-state index in [1.54, 1.807) is 0 Å². The Balaban J connectivity index is 1.67. The molecular weight excluding hydrogens is 342 g/mol. The molecule has 6 nitrogen and oxygen atoms in total. The van der Waals surface area contributed by atoms with Crippen LogP contribution in [0.3, 0.4) is 0 Å². The second kappa shape index (κ2) is 4.26. The summed E-state index contributed by atoms with van der Waals surface area (Å²) in [6, 6.07) is 7.50. The predicted octanol–water partition coefficient (Wildman–Crippen LogP) is 1.96. The number of amides is 2. The Hall–Kier alpha value is -2.63. The summed E-state index contributed by atoms with van der Waals surface area (Å²) in [5, 5.41) is 16.3. The number of piperazine rings is 1. The molecule has 1 N–H and O–H groups in total. The molecule has 2 amide bonds. The molecule has 0 saturated carbocycles. The Morgan fingerprint density at radius 3 is 2.85 bits per heavy atom. The zero-order valence-electron chi connectivity index (χ0n) is 15.4. The standard InChI is InChI=1S/C21H21N3O3/c1-19(2)15-11-20-8-5-9-23(20)18(26)21(15,22-17(20)25)10-13-12-6-3-4-7-14(12)24(27)16(13)19/h3-4,6-7,10,15H,5,8-9,11H2,1-2H3,(H,22,25)/t15-,20?,21-/m0/s1. The quantitative estimate of drug-likeness (QED) is 0.565. The summed E-state index contributed by atoms with van der Waals surface area (Å²) >= 11 is 0. The van der Waals surface area contributed by atoms with E-state index >= 15 is 0 Å². The first-order chi connectivity index (χ1) is 12.8. The third-order valence-corrected chi connectivity index (χ3v) is 7.65. The maximum atomic E-state index is 13.6. The molecule has 2 bridgehead atoms. The smallest absolute Gasteiger partial charge is 0.253 e. The lowest BCUT2D eigenvalue weighted by Crippen LogP contribution is -2.83. The number of rotatable bonds is 0. The van der Waals surface area contributed by atoms with Crippen LogP contribution in [0, 0.1) is 16.5 Å². The van der Waals surface area contributed by atoms with Gasteiger partial charge in [0.15, 0.2) is 0 Å². The van der Waals surface area contributed by atoms with Gasteiger partial charge < -0.3 is 15.4 Å². The normalized spacial score (nSPS) is 37.5. The zero-order chi connectivity index (χ0) is 18.8. The molecular formula is C21H21N3O3. The number of piperidine rings is 2. The van der Waals surface area contributed by atoms with E-state index in [4.69, 9.17) is 0 Å². The fourth-order valence-corrected chi connectivity index (χ4v) is 6.44. The fourth-order valence-electron chi connectivity index (χ4n) is 6.44. The summed E-state index contributed by atoms with van der Waals surface area (Å²) in [7, 11) is 0. The third kappa shape index (κ3) is 1.43. The number of hydrogen-bond donors (Lipinski definition) is 1. The van der Waals surface area contributed by atoms with E-state index in [1.165, 1.54) is 0 Å². The summed E-state index contributed by atoms with van der Waals surface area (Å²) in [6.07, 6.45) is 4.07. The average Bonchev–Trinajstić information content (AvgIpc) is 3.18. The van der Waals surface area contributed by atoms with E-state index in [2.05, 4.69) is 19.2 Å². The van der Waals surface area contributed by atoms with Crippen LogP contribution >= 0.6 is 0 Å². The van der Waals surface area contributed by atoms with Crippen molar-refractivity contribution in [2.45, 2.75) is 44.2 Å². The minimum atomic E-state index is -1.05. The Morgan fingerprint density at radius 1 is 1.26 bits per heavy atom. The average molecular weight is 363 g/mol. The number of carbonyl (C=O) groups excluding carboxylic acids is 2. The zero-order valence-corrected chi connectivity index (χ0v) is 15.4. The topological polar surface area (TPSA) is 75.5 Å². The van der Waals surface area contributed by atoms with E-state index < -0.39 is 16.5 Å². The van der Waals surface area contributed by atoms with E-state index in [1.807, 2.05) is 35.2 Å². The molecule has 5 heterocycles. The van der Waals surface area contributed by atoms with E-state index in [0.29, 0.717) is 25.1 Å². The Morgan fingerprint density at radius 2 is 2.04 bits per heavy atom. The minimum Gasteiger partial charge on any atom is -0.618 e. The van der Waals surface area contributed by atoms with Gasteiger partial charge in [0.25, 0.3) is 5.91 Å². The minimum absolute atomic E-state index is 0.00250. The Labute approximate surface area is 157 Å². The number of nitrogens with one attached hydrogen (secondary N) is 1. The second-order valence-electron chi connectivity index (χ2n) is 9.11. The van der Waals surface area contributed by atoms with E-state index in [0.717, 1.165) is 28.0 Å². The van der Waals surface area contributed by atoms with Crippen molar-refractivity contribution < 1.29 is 14.3 Å². The molecule has 1 aromatic carbocycles. The number of para-hydroxylation sites is 1. The van der Waals surface area contributed by atoms with Crippen LogP contribution in [-0.4, -0.2) is 44.8 Å². The lowest BCUT2D eigenvalue weighted by Gasteiger charge is -2.62. The first-order valence-electron chi connectivity index (χ1n) is 9.65. The third-order valence-electron chi connectivity index (χ3n) is 7.65. The molecule has 3 atom stereocenters. The summed E-state index contributed by atoms with van der Waals surface area (Å²) in [6.45, 7) is 4.74. The van der Waals surface area contributed by atoms with Crippen LogP contribution in [0.15, 0.2) is 30.3 Å². The number of benzene rings is 1. The highest BCUT2D eigenvalue weighted by molar-refractivity contribution is 6.30. The second-order valence-corrected chi connectivity index (χ2v) is 9.11. The molecule has 1 aliphatic carbocycles. The number of hydrogen-bond acceptors (Lipinski definition) is 3. The molecule has 5 aliphatic heterocycles. The van der Waals surface area contributed by atoms with Crippen LogP contribution in [0.5, 0.6) is 0 Å². The summed E-state index contributed by atoms with van der Waals surface area (Å²) in [4.78, 5) is 28.5. The first kappa shape index (κ1) is 15.4. The number of allylic oxidation sites excluding steroid dienone is 1. The lowest BCUT2D eigenvalue weighted by molar-refractivity contribution is -0.362. The number of fused-ring (bicyclic) bond motifs is 4. The fraction of sp³-hybridized carbons (Fsp3) is 0.476. The molecule has 1 unspecified atom stereocenters. The van der Waals surface area contributed by atoms with Gasteiger partial charge in [-0.2, -0.15) is 4.74 Å². The first-order valence-corrected chi connectivity index (χ1v) is 9.65. The van der Waals surface area contributed by atoms with Crippen LogP contribution < -0.4 is 5.32 Å². The van der Waals surface area contributed by atoms with Crippen molar-refractivity contribution in [1.82, 2.24) is 10.2 Å². The van der Waals surface area contributed by atoms with Crippen molar-refractivity contribution in [1.29, 1.82) is 0 Å². The van der Waals surface area contributed by atoms with Gasteiger partial charge >= 0.3 is 0 Å². The van der Waals surface area contributed by atoms with E-state index in [9.17, 15) is 14.8 Å². The van der Waals surface area contributed by atoms with Crippen molar-refractivity contribution in [3.8, 4) is 0 Å². The van der Waals surface area contributed by atoms with Gasteiger partial charge in [-0.15, -0.1) is 0 Å². The van der Waals surface area contributed by atoms with Gasteiger partial charge in [0.1, 0.15) is 11.1 Å². The number of carbonyl (C=O) groups is 2. The molecule has 138 valence electrons. The molecule has 0 radical (unpaired) electrons. The monoisotopic (exact) mass is 363 g/mol. The van der Waals surface area contributed by atoms with E-state index in [-0.39, 0.29) is 17.7 Å². The van der Waals surface area contributed by atoms with Crippen LogP contribution in [0.1, 0.15) is 38.7 Å². The van der Waals surface area contributed by atoms with Gasteiger partial charge in [-0.05, 0) is 45.3 Å². The van der Waals surface area contributed by atoms with Crippen molar-refractivity contribution >= 4 is 28.8 Å². The highest BCUT2D eigenvalue weighted by atomic mass is 16.5. The molecule has 4 saturated heterocycles. The van der Waals surface area contributed by atoms with Crippen molar-refractivity contribution in [2.75, 3.05) is 6.54 Å². The maximum Gasteiger partial charge on any atom is 0.253 e. The highest BCUT2D eigenvalue weighted by Crippen LogP contribution is 2.60. The molecule has 27 heavy (non-hydrogen) atoms. The molecule has 0 aromatic heterocycles. The van der Waals surface area contributed by atoms with Crippen molar-refractivity contribution in [3.05, 3.63) is 41.1 Å². The van der Waals surface area contributed by atoms with Gasteiger partial charge in [0, 0.05) is 18.5 Å². The molecule has 2 spiro atoms.